The van der Waals surface area contributed by atoms with Crippen molar-refractivity contribution in [2.24, 2.45) is 0 Å². The van der Waals surface area contributed by atoms with Crippen LogP contribution in [0.4, 0.5) is 32.0 Å². The Bertz CT molecular complexity index is 828. The Morgan fingerprint density at radius 1 is 0.893 bits per heavy atom. The molecule has 10 heteroatoms. The van der Waals surface area contributed by atoms with Crippen molar-refractivity contribution < 1.29 is 35.9 Å². The minimum absolute atomic E-state index is 0.0148. The molecule has 0 heterocycles. The molecule has 28 heavy (non-hydrogen) atoms. The predicted octanol–water partition coefficient (Wildman–Crippen LogP) is 6.28. The van der Waals surface area contributed by atoms with Crippen molar-refractivity contribution in [2.45, 2.75) is 31.8 Å². The summed E-state index contributed by atoms with van der Waals surface area (Å²) in [6.07, 6.45) is -10.0. The zero-order valence-corrected chi connectivity index (χ0v) is 16.1. The Labute approximate surface area is 164 Å². The lowest BCUT2D eigenvalue weighted by molar-refractivity contribution is -0.143. The summed E-state index contributed by atoms with van der Waals surface area (Å²) in [5, 5.41) is 2.07. The lowest BCUT2D eigenvalue weighted by Crippen LogP contribution is -2.42. The maximum Gasteiger partial charge on any atom is 0.416 e. The molecule has 0 bridgehead atoms. The van der Waals surface area contributed by atoms with E-state index in [4.69, 9.17) is 4.74 Å². The van der Waals surface area contributed by atoms with E-state index in [2.05, 4.69) is 21.2 Å². The maximum absolute atomic E-state index is 12.9. The summed E-state index contributed by atoms with van der Waals surface area (Å²) in [5.41, 5.74) is -5.26. The van der Waals surface area contributed by atoms with E-state index in [1.807, 2.05) is 0 Å². The second-order valence-corrected chi connectivity index (χ2v) is 7.23. The number of amides is 1. The van der Waals surface area contributed by atoms with E-state index in [0.717, 1.165) is 4.47 Å². The highest BCUT2D eigenvalue weighted by Crippen LogP contribution is 2.37. The molecule has 1 amide bonds. The Hall–Kier alpha value is -2.23. The number of nitrogens with one attached hydrogen (secondary N) is 1. The van der Waals surface area contributed by atoms with Crippen LogP contribution in [-0.2, 0) is 17.1 Å². The fraction of sp³-hybridized carbons (Fsp3) is 0.278. The van der Waals surface area contributed by atoms with Gasteiger partial charge in [0.25, 0.3) is 5.91 Å². The highest BCUT2D eigenvalue weighted by Gasteiger charge is 2.38. The van der Waals surface area contributed by atoms with E-state index in [1.54, 1.807) is 24.3 Å². The third kappa shape index (κ3) is 5.63. The summed E-state index contributed by atoms with van der Waals surface area (Å²) in [6.45, 7) is 2.67. The first-order valence-electron chi connectivity index (χ1n) is 7.74. The Morgan fingerprint density at radius 2 is 1.36 bits per heavy atom. The van der Waals surface area contributed by atoms with Gasteiger partial charge in [0, 0.05) is 10.2 Å². The van der Waals surface area contributed by atoms with Crippen molar-refractivity contribution in [2.75, 3.05) is 5.32 Å². The summed E-state index contributed by atoms with van der Waals surface area (Å²) in [4.78, 5) is 12.4. The first kappa shape index (κ1) is 22.1. The van der Waals surface area contributed by atoms with Crippen molar-refractivity contribution in [3.05, 3.63) is 58.1 Å². The highest BCUT2D eigenvalue weighted by atomic mass is 79.9. The van der Waals surface area contributed by atoms with Crippen molar-refractivity contribution >= 4 is 27.5 Å². The third-order valence-electron chi connectivity index (χ3n) is 3.58. The molecular formula is C18H14BrF6NO2. The van der Waals surface area contributed by atoms with Gasteiger partial charge in [-0.1, -0.05) is 15.9 Å². The van der Waals surface area contributed by atoms with E-state index in [9.17, 15) is 31.1 Å². The zero-order valence-electron chi connectivity index (χ0n) is 14.5. The van der Waals surface area contributed by atoms with Gasteiger partial charge in [0.1, 0.15) is 5.75 Å². The summed E-state index contributed by atoms with van der Waals surface area (Å²) < 4.78 is 83.8. The van der Waals surface area contributed by atoms with Crippen LogP contribution in [-0.4, -0.2) is 11.5 Å². The number of benzene rings is 2. The SMILES string of the molecule is CC(C)(Oc1ccc(Br)cc1)C(=O)Nc1cc(C(F)(F)F)cc(C(F)(F)F)c1. The van der Waals surface area contributed by atoms with Gasteiger partial charge >= 0.3 is 12.4 Å². The maximum atomic E-state index is 12.9. The van der Waals surface area contributed by atoms with E-state index in [0.29, 0.717) is 17.9 Å². The molecule has 0 aliphatic heterocycles. The fourth-order valence-electron chi connectivity index (χ4n) is 2.15. The predicted molar refractivity (Wildman–Crippen MR) is 93.9 cm³/mol. The lowest BCUT2D eigenvalue weighted by Gasteiger charge is -2.26. The van der Waals surface area contributed by atoms with Gasteiger partial charge in [-0.2, -0.15) is 26.3 Å². The number of anilines is 1. The molecule has 1 N–H and O–H groups in total. The van der Waals surface area contributed by atoms with Gasteiger partial charge in [-0.25, -0.2) is 0 Å². The van der Waals surface area contributed by atoms with Crippen molar-refractivity contribution in [1.29, 1.82) is 0 Å². The van der Waals surface area contributed by atoms with E-state index >= 15 is 0 Å². The standard InChI is InChI=1S/C18H14BrF6NO2/c1-16(2,28-14-5-3-12(19)4-6-14)15(27)26-13-8-10(17(20,21)22)7-11(9-13)18(23,24)25/h3-9H,1-2H3,(H,26,27). The molecule has 0 aromatic heterocycles. The average Bonchev–Trinajstić information content (AvgIpc) is 2.55. The number of hydrogen-bond donors (Lipinski definition) is 1. The molecule has 2 aromatic rings. The van der Waals surface area contributed by atoms with Gasteiger partial charge in [-0.3, -0.25) is 4.79 Å². The van der Waals surface area contributed by atoms with Gasteiger partial charge < -0.3 is 10.1 Å². The molecule has 0 saturated heterocycles. The molecule has 0 spiro atoms. The molecule has 3 nitrogen and oxygen atoms in total. The number of rotatable bonds is 4. The van der Waals surface area contributed by atoms with Crippen molar-refractivity contribution in [3.8, 4) is 5.75 Å². The normalized spacial score (nSPS) is 12.6. The average molecular weight is 470 g/mol. The van der Waals surface area contributed by atoms with Gasteiger partial charge in [-0.15, -0.1) is 0 Å². The number of carbonyl (C=O) groups excluding carboxylic acids is 1. The largest absolute Gasteiger partial charge is 0.478 e. The van der Waals surface area contributed by atoms with Crippen LogP contribution in [0.25, 0.3) is 0 Å². The first-order valence-corrected chi connectivity index (χ1v) is 8.53. The van der Waals surface area contributed by atoms with Crippen LogP contribution in [0, 0.1) is 0 Å². The second-order valence-electron chi connectivity index (χ2n) is 6.31. The highest BCUT2D eigenvalue weighted by molar-refractivity contribution is 9.10. The molecule has 0 atom stereocenters. The van der Waals surface area contributed by atoms with Crippen LogP contribution in [0.1, 0.15) is 25.0 Å². The number of carbonyl (C=O) groups is 1. The van der Waals surface area contributed by atoms with Gasteiger partial charge in [0.2, 0.25) is 0 Å². The molecule has 0 aliphatic carbocycles. The van der Waals surface area contributed by atoms with Crippen LogP contribution >= 0.6 is 15.9 Å². The zero-order chi connectivity index (χ0) is 21.3. The molecule has 0 unspecified atom stereocenters. The molecule has 0 saturated carbocycles. The van der Waals surface area contributed by atoms with Gasteiger partial charge in [0.15, 0.2) is 5.60 Å². The van der Waals surface area contributed by atoms with Crippen LogP contribution in [0.15, 0.2) is 46.9 Å². The van der Waals surface area contributed by atoms with Crippen molar-refractivity contribution in [1.82, 2.24) is 0 Å². The molecule has 2 rings (SSSR count). The number of alkyl halides is 6. The van der Waals surface area contributed by atoms with Gasteiger partial charge in [0.05, 0.1) is 11.1 Å². The Morgan fingerprint density at radius 3 is 1.79 bits per heavy atom. The quantitative estimate of drug-likeness (QED) is 0.534. The molecule has 0 fully saturated rings. The van der Waals surface area contributed by atoms with E-state index < -0.39 is 40.7 Å². The Balaban J connectivity index is 2.29. The summed E-state index contributed by atoms with van der Waals surface area (Å²) >= 11 is 3.23. The summed E-state index contributed by atoms with van der Waals surface area (Å²) in [5.74, 6) is -0.619. The second kappa shape index (κ2) is 7.65. The Kier molecular flexibility index (Phi) is 6.03. The summed E-state index contributed by atoms with van der Waals surface area (Å²) in [6, 6.07) is 7.23. The number of halogens is 7. The molecule has 0 radical (unpaired) electrons. The van der Waals surface area contributed by atoms with Crippen LogP contribution in [0.2, 0.25) is 0 Å². The topological polar surface area (TPSA) is 38.3 Å². The first-order chi connectivity index (χ1) is 12.7. The minimum Gasteiger partial charge on any atom is -0.478 e. The van der Waals surface area contributed by atoms with E-state index in [1.165, 1.54) is 13.8 Å². The van der Waals surface area contributed by atoms with Crippen LogP contribution in [0.5, 0.6) is 5.75 Å². The summed E-state index contributed by atoms with van der Waals surface area (Å²) in [7, 11) is 0. The third-order valence-corrected chi connectivity index (χ3v) is 4.11. The molecule has 152 valence electrons. The van der Waals surface area contributed by atoms with Crippen molar-refractivity contribution in [3.63, 3.8) is 0 Å². The lowest BCUT2D eigenvalue weighted by atomic mass is 10.1. The molecular weight excluding hydrogens is 456 g/mol. The van der Waals surface area contributed by atoms with Crippen LogP contribution in [0.3, 0.4) is 0 Å². The smallest absolute Gasteiger partial charge is 0.416 e. The van der Waals surface area contributed by atoms with Gasteiger partial charge in [-0.05, 0) is 56.3 Å². The van der Waals surface area contributed by atoms with E-state index in [-0.39, 0.29) is 6.07 Å². The molecule has 0 aliphatic rings. The fourth-order valence-corrected chi connectivity index (χ4v) is 2.42. The monoisotopic (exact) mass is 469 g/mol. The number of hydrogen-bond acceptors (Lipinski definition) is 2. The number of ether oxygens (including phenoxy) is 1. The molecule has 2 aromatic carbocycles. The van der Waals surface area contributed by atoms with Crippen LogP contribution < -0.4 is 10.1 Å². The minimum atomic E-state index is -5.01.